The van der Waals surface area contributed by atoms with Gasteiger partial charge in [0.25, 0.3) is 5.91 Å². The number of carbonyl (C=O) groups is 1. The molecule has 1 aromatic carbocycles. The lowest BCUT2D eigenvalue weighted by molar-refractivity contribution is 0.0969. The number of amides is 1. The van der Waals surface area contributed by atoms with E-state index in [-0.39, 0.29) is 11.0 Å². The summed E-state index contributed by atoms with van der Waals surface area (Å²) in [7, 11) is 1.58. The van der Waals surface area contributed by atoms with E-state index in [4.69, 9.17) is 21.7 Å². The smallest absolute Gasteiger partial charge is 0.261 e. The number of benzene rings is 1. The van der Waals surface area contributed by atoms with Gasteiger partial charge in [-0.15, -0.1) is 10.2 Å². The van der Waals surface area contributed by atoms with Gasteiger partial charge in [0, 0.05) is 11.6 Å². The van der Waals surface area contributed by atoms with Crippen LogP contribution in [-0.4, -0.2) is 41.5 Å². The number of rotatable bonds is 7. The van der Waals surface area contributed by atoms with E-state index < -0.39 is 0 Å². The lowest BCUT2D eigenvalue weighted by Gasteiger charge is -2.12. The fourth-order valence-electron chi connectivity index (χ4n) is 1.79. The van der Waals surface area contributed by atoms with Crippen LogP contribution in [-0.2, 0) is 11.2 Å². The van der Waals surface area contributed by atoms with Crippen LogP contribution in [0.5, 0.6) is 5.75 Å². The minimum atomic E-state index is -0.383. The first-order valence-electron chi connectivity index (χ1n) is 7.39. The van der Waals surface area contributed by atoms with E-state index in [1.807, 2.05) is 6.92 Å². The number of hydrogen-bond donors (Lipinski definition) is 2. The van der Waals surface area contributed by atoms with Gasteiger partial charge < -0.3 is 14.8 Å². The zero-order valence-electron chi connectivity index (χ0n) is 13.7. The van der Waals surface area contributed by atoms with E-state index in [0.717, 1.165) is 15.9 Å². The average molecular weight is 445 g/mol. The first-order chi connectivity index (χ1) is 12.0. The van der Waals surface area contributed by atoms with Gasteiger partial charge in [0.05, 0.1) is 12.2 Å². The molecule has 25 heavy (non-hydrogen) atoms. The summed E-state index contributed by atoms with van der Waals surface area (Å²) >= 11 is 9.90. The lowest BCUT2D eigenvalue weighted by atomic mass is 10.2. The highest BCUT2D eigenvalue weighted by Gasteiger charge is 2.15. The highest BCUT2D eigenvalue weighted by molar-refractivity contribution is 9.10. The third-order valence-electron chi connectivity index (χ3n) is 2.95. The summed E-state index contributed by atoms with van der Waals surface area (Å²) in [5.74, 6) is 0.0659. The number of aryl methyl sites for hydroxylation is 1. The Morgan fingerprint density at radius 3 is 2.84 bits per heavy atom. The molecule has 1 aromatic heterocycles. The minimum Gasteiger partial charge on any atom is -0.490 e. The molecular formula is C15H17BrN4O3S2. The van der Waals surface area contributed by atoms with Gasteiger partial charge in [0.2, 0.25) is 5.13 Å². The highest BCUT2D eigenvalue weighted by Crippen LogP contribution is 2.23. The molecule has 0 fully saturated rings. The maximum absolute atomic E-state index is 12.5. The van der Waals surface area contributed by atoms with E-state index in [0.29, 0.717) is 29.7 Å². The molecule has 0 atom stereocenters. The van der Waals surface area contributed by atoms with Crippen LogP contribution >= 0.6 is 39.5 Å². The fourth-order valence-corrected chi connectivity index (χ4v) is 3.09. The van der Waals surface area contributed by atoms with E-state index in [1.165, 1.54) is 11.3 Å². The Morgan fingerprint density at radius 1 is 1.36 bits per heavy atom. The Hall–Kier alpha value is -1.62. The number of nitrogens with one attached hydrogen (secondary N) is 2. The Morgan fingerprint density at radius 2 is 2.16 bits per heavy atom. The number of thiocarbonyl (C=S) groups is 1. The molecule has 0 saturated heterocycles. The molecule has 0 aliphatic heterocycles. The van der Waals surface area contributed by atoms with Crippen molar-refractivity contribution in [2.45, 2.75) is 13.3 Å². The predicted molar refractivity (Wildman–Crippen MR) is 104 cm³/mol. The molecule has 0 aliphatic carbocycles. The van der Waals surface area contributed by atoms with Crippen LogP contribution in [0.4, 0.5) is 5.13 Å². The summed E-state index contributed by atoms with van der Waals surface area (Å²) < 4.78 is 11.3. The van der Waals surface area contributed by atoms with Crippen molar-refractivity contribution in [3.63, 3.8) is 0 Å². The molecule has 0 radical (unpaired) electrons. The second-order valence-electron chi connectivity index (χ2n) is 4.74. The second-order valence-corrected chi connectivity index (χ2v) is 7.13. The van der Waals surface area contributed by atoms with Crippen molar-refractivity contribution in [2.75, 3.05) is 25.6 Å². The number of hydrogen-bond acceptors (Lipinski definition) is 7. The molecule has 7 nitrogen and oxygen atoms in total. The number of halogens is 1. The second kappa shape index (κ2) is 9.76. The van der Waals surface area contributed by atoms with Crippen LogP contribution in [0.1, 0.15) is 22.3 Å². The largest absolute Gasteiger partial charge is 0.490 e. The van der Waals surface area contributed by atoms with Gasteiger partial charge in [-0.1, -0.05) is 34.2 Å². The van der Waals surface area contributed by atoms with Gasteiger partial charge in [-0.3, -0.25) is 10.1 Å². The maximum Gasteiger partial charge on any atom is 0.261 e. The van der Waals surface area contributed by atoms with E-state index >= 15 is 0 Å². The predicted octanol–water partition coefficient (Wildman–Crippen LogP) is 3.02. The van der Waals surface area contributed by atoms with Crippen molar-refractivity contribution in [1.82, 2.24) is 15.5 Å². The van der Waals surface area contributed by atoms with Crippen LogP contribution in [0.2, 0.25) is 0 Å². The summed E-state index contributed by atoms with van der Waals surface area (Å²) in [5, 5.41) is 15.0. The Bertz CT molecular complexity index is 754. The van der Waals surface area contributed by atoms with Crippen LogP contribution in [0.15, 0.2) is 22.7 Å². The van der Waals surface area contributed by atoms with E-state index in [2.05, 4.69) is 36.8 Å². The summed E-state index contributed by atoms with van der Waals surface area (Å²) in [5.41, 5.74) is 0.362. The number of carbonyl (C=O) groups excluding carboxylic acids is 1. The summed E-state index contributed by atoms with van der Waals surface area (Å²) in [6.07, 6.45) is 0.790. The standard InChI is InChI=1S/C15H17BrN4O3S2/c1-3-12-19-20-15(25-12)18-14(24)17-13(21)10-8-9(16)4-5-11(10)23-7-6-22-2/h4-5,8H,3,6-7H2,1-2H3,(H2,17,18,20,21,24). The zero-order valence-corrected chi connectivity index (χ0v) is 16.9. The van der Waals surface area contributed by atoms with Gasteiger partial charge >= 0.3 is 0 Å². The van der Waals surface area contributed by atoms with Crippen molar-refractivity contribution in [1.29, 1.82) is 0 Å². The lowest BCUT2D eigenvalue weighted by Crippen LogP contribution is -2.34. The minimum absolute atomic E-state index is 0.145. The van der Waals surface area contributed by atoms with Crippen LogP contribution < -0.4 is 15.4 Å². The molecule has 1 amide bonds. The molecule has 2 N–H and O–H groups in total. The Labute approximate surface area is 163 Å². The van der Waals surface area contributed by atoms with E-state index in [1.54, 1.807) is 25.3 Å². The molecule has 0 aliphatic rings. The van der Waals surface area contributed by atoms with Gasteiger partial charge in [0.1, 0.15) is 17.4 Å². The number of nitrogens with zero attached hydrogens (tertiary/aromatic N) is 2. The summed E-state index contributed by atoms with van der Waals surface area (Å²) in [6, 6.07) is 5.17. The quantitative estimate of drug-likeness (QED) is 0.501. The van der Waals surface area contributed by atoms with Crippen molar-refractivity contribution >= 4 is 55.6 Å². The number of methoxy groups -OCH3 is 1. The molecule has 1 heterocycles. The molecule has 2 rings (SSSR count). The van der Waals surface area contributed by atoms with Gasteiger partial charge in [-0.2, -0.15) is 0 Å². The average Bonchev–Trinajstić information content (AvgIpc) is 3.03. The first-order valence-corrected chi connectivity index (χ1v) is 9.41. The Kier molecular flexibility index (Phi) is 7.69. The molecule has 0 saturated carbocycles. The van der Waals surface area contributed by atoms with Gasteiger partial charge in [0.15, 0.2) is 5.11 Å². The first kappa shape index (κ1) is 19.7. The van der Waals surface area contributed by atoms with Crippen molar-refractivity contribution in [3.05, 3.63) is 33.2 Å². The number of anilines is 1. The molecular weight excluding hydrogens is 428 g/mol. The topological polar surface area (TPSA) is 85.4 Å². The van der Waals surface area contributed by atoms with Crippen LogP contribution in [0.25, 0.3) is 0 Å². The Balaban J connectivity index is 2.03. The SMILES string of the molecule is CCc1nnc(NC(=S)NC(=O)c2cc(Br)ccc2OCCOC)s1. The molecule has 2 aromatic rings. The number of ether oxygens (including phenoxy) is 2. The van der Waals surface area contributed by atoms with Crippen molar-refractivity contribution in [3.8, 4) is 5.75 Å². The molecule has 0 bridgehead atoms. The van der Waals surface area contributed by atoms with Gasteiger partial charge in [-0.25, -0.2) is 0 Å². The summed E-state index contributed by atoms with van der Waals surface area (Å²) in [4.78, 5) is 12.5. The third-order valence-corrected chi connectivity index (χ3v) is 4.63. The summed E-state index contributed by atoms with van der Waals surface area (Å²) in [6.45, 7) is 2.75. The molecule has 10 heteroatoms. The van der Waals surface area contributed by atoms with Crippen LogP contribution in [0, 0.1) is 0 Å². The van der Waals surface area contributed by atoms with Crippen molar-refractivity contribution < 1.29 is 14.3 Å². The van der Waals surface area contributed by atoms with Gasteiger partial charge in [-0.05, 0) is 36.8 Å². The number of aromatic nitrogens is 2. The fraction of sp³-hybridized carbons (Fsp3) is 0.333. The van der Waals surface area contributed by atoms with E-state index in [9.17, 15) is 4.79 Å². The molecule has 0 spiro atoms. The highest BCUT2D eigenvalue weighted by atomic mass is 79.9. The zero-order chi connectivity index (χ0) is 18.2. The molecule has 0 unspecified atom stereocenters. The van der Waals surface area contributed by atoms with Crippen molar-refractivity contribution in [2.24, 2.45) is 0 Å². The monoisotopic (exact) mass is 444 g/mol. The van der Waals surface area contributed by atoms with Crippen LogP contribution in [0.3, 0.4) is 0 Å². The maximum atomic E-state index is 12.5. The molecule has 134 valence electrons. The third kappa shape index (κ3) is 5.99. The normalized spacial score (nSPS) is 10.4.